The highest BCUT2D eigenvalue weighted by molar-refractivity contribution is 6.04. The van der Waals surface area contributed by atoms with Gasteiger partial charge in [-0.3, -0.25) is 14.4 Å². The van der Waals surface area contributed by atoms with Crippen molar-refractivity contribution in [3.63, 3.8) is 0 Å². The summed E-state index contributed by atoms with van der Waals surface area (Å²) >= 11 is 0. The highest BCUT2D eigenvalue weighted by Gasteiger charge is 2.19. The summed E-state index contributed by atoms with van der Waals surface area (Å²) in [5.41, 5.74) is 2.55. The van der Waals surface area contributed by atoms with Crippen LogP contribution in [0, 0.1) is 0 Å². The monoisotopic (exact) mass is 370 g/mol. The van der Waals surface area contributed by atoms with Gasteiger partial charge in [0.05, 0.1) is 38.2 Å². The fraction of sp³-hybridized carbons (Fsp3) is 0.500. The maximum atomic E-state index is 12.6. The lowest BCUT2D eigenvalue weighted by atomic mass is 9.96. The van der Waals surface area contributed by atoms with Gasteiger partial charge in [-0.15, -0.1) is 0 Å². The van der Waals surface area contributed by atoms with Crippen LogP contribution in [0.4, 0.5) is 5.69 Å². The molecule has 1 aromatic carbocycles. The Bertz CT molecular complexity index is 764. The number of anilines is 1. The van der Waals surface area contributed by atoms with Crippen LogP contribution in [0.1, 0.15) is 28.3 Å². The topological polar surface area (TPSA) is 68.6 Å². The molecule has 2 aromatic rings. The summed E-state index contributed by atoms with van der Waals surface area (Å²) in [6.07, 6.45) is 4.60. The molecule has 0 saturated carbocycles. The zero-order valence-corrected chi connectivity index (χ0v) is 15.5. The molecule has 2 fully saturated rings. The van der Waals surface area contributed by atoms with Crippen molar-refractivity contribution in [1.29, 1.82) is 0 Å². The molecule has 2 saturated heterocycles. The van der Waals surface area contributed by atoms with Crippen LogP contribution < -0.4 is 5.32 Å². The van der Waals surface area contributed by atoms with Crippen molar-refractivity contribution < 1.29 is 14.3 Å². The first-order valence-corrected chi connectivity index (χ1v) is 9.59. The number of rotatable bonds is 6. The average molecular weight is 370 g/mol. The van der Waals surface area contributed by atoms with Gasteiger partial charge < -0.3 is 14.8 Å². The lowest BCUT2D eigenvalue weighted by Gasteiger charge is -2.26. The number of carbonyl (C=O) groups excluding carboxylic acids is 1. The summed E-state index contributed by atoms with van der Waals surface area (Å²) in [6, 6.07) is 7.82. The van der Waals surface area contributed by atoms with Crippen LogP contribution in [-0.4, -0.2) is 66.6 Å². The fourth-order valence-electron chi connectivity index (χ4n) is 3.55. The van der Waals surface area contributed by atoms with Gasteiger partial charge in [0.25, 0.3) is 5.91 Å². The summed E-state index contributed by atoms with van der Waals surface area (Å²) in [4.78, 5) is 15.0. The van der Waals surface area contributed by atoms with Gasteiger partial charge in [0, 0.05) is 43.9 Å². The van der Waals surface area contributed by atoms with E-state index in [1.807, 2.05) is 29.1 Å². The molecule has 144 valence electrons. The molecule has 1 atom stereocenters. The van der Waals surface area contributed by atoms with Gasteiger partial charge in [-0.2, -0.15) is 5.10 Å². The van der Waals surface area contributed by atoms with Crippen LogP contribution in [0.5, 0.6) is 0 Å². The van der Waals surface area contributed by atoms with Gasteiger partial charge >= 0.3 is 0 Å². The quantitative estimate of drug-likeness (QED) is 0.842. The zero-order valence-electron chi connectivity index (χ0n) is 15.5. The minimum absolute atomic E-state index is 0.108. The van der Waals surface area contributed by atoms with E-state index >= 15 is 0 Å². The van der Waals surface area contributed by atoms with Crippen molar-refractivity contribution in [3.8, 4) is 0 Å². The van der Waals surface area contributed by atoms with Crippen LogP contribution >= 0.6 is 0 Å². The molecule has 2 aliphatic heterocycles. The van der Waals surface area contributed by atoms with Crippen molar-refractivity contribution in [2.45, 2.75) is 18.9 Å². The second kappa shape index (κ2) is 8.65. The molecule has 3 heterocycles. The molecule has 0 spiro atoms. The van der Waals surface area contributed by atoms with E-state index in [4.69, 9.17) is 9.47 Å². The summed E-state index contributed by atoms with van der Waals surface area (Å²) in [5, 5.41) is 7.30. The predicted molar refractivity (Wildman–Crippen MR) is 102 cm³/mol. The van der Waals surface area contributed by atoms with E-state index in [2.05, 4.69) is 21.4 Å². The van der Waals surface area contributed by atoms with Gasteiger partial charge in [0.2, 0.25) is 0 Å². The molecule has 7 heteroatoms. The van der Waals surface area contributed by atoms with Gasteiger partial charge in [-0.05, 0) is 24.1 Å². The van der Waals surface area contributed by atoms with Crippen LogP contribution in [0.2, 0.25) is 0 Å². The maximum absolute atomic E-state index is 12.6. The molecule has 4 rings (SSSR count). The van der Waals surface area contributed by atoms with E-state index in [0.717, 1.165) is 64.7 Å². The average Bonchev–Trinajstić information content (AvgIpc) is 3.40. The van der Waals surface area contributed by atoms with Crippen LogP contribution in [0.3, 0.4) is 0 Å². The van der Waals surface area contributed by atoms with Gasteiger partial charge in [0.15, 0.2) is 0 Å². The van der Waals surface area contributed by atoms with E-state index < -0.39 is 0 Å². The molecule has 0 radical (unpaired) electrons. The molecular formula is C20H26N4O3. The number of hydrogen-bond acceptors (Lipinski definition) is 5. The summed E-state index contributed by atoms with van der Waals surface area (Å²) in [7, 11) is 0. The largest absolute Gasteiger partial charge is 0.381 e. The number of amides is 1. The van der Waals surface area contributed by atoms with Crippen molar-refractivity contribution in [1.82, 2.24) is 14.7 Å². The number of nitrogens with zero attached hydrogens (tertiary/aromatic N) is 3. The Morgan fingerprint density at radius 2 is 2.07 bits per heavy atom. The fourth-order valence-corrected chi connectivity index (χ4v) is 3.55. The first kappa shape index (κ1) is 18.2. The molecule has 27 heavy (non-hydrogen) atoms. The highest BCUT2D eigenvalue weighted by Crippen LogP contribution is 2.25. The Labute approximate surface area is 159 Å². The first-order valence-electron chi connectivity index (χ1n) is 9.59. The number of nitrogens with one attached hydrogen (secondary N) is 1. The smallest absolute Gasteiger partial charge is 0.255 e. The summed E-state index contributed by atoms with van der Waals surface area (Å²) in [6.45, 7) is 6.79. The minimum atomic E-state index is -0.108. The Morgan fingerprint density at radius 3 is 2.89 bits per heavy atom. The normalized spacial score (nSPS) is 20.7. The first-order chi connectivity index (χ1) is 13.3. The van der Waals surface area contributed by atoms with Crippen LogP contribution in [0.25, 0.3) is 0 Å². The molecule has 1 unspecified atom stereocenters. The van der Waals surface area contributed by atoms with E-state index in [-0.39, 0.29) is 5.91 Å². The Hall–Kier alpha value is -2.22. The molecule has 0 bridgehead atoms. The van der Waals surface area contributed by atoms with E-state index in [1.165, 1.54) is 5.56 Å². The third kappa shape index (κ3) is 4.74. The van der Waals surface area contributed by atoms with Crippen molar-refractivity contribution >= 4 is 11.6 Å². The Balaban J connectivity index is 1.33. The highest BCUT2D eigenvalue weighted by atomic mass is 16.5. The molecule has 0 aliphatic carbocycles. The Kier molecular flexibility index (Phi) is 5.81. The number of carbonyl (C=O) groups is 1. The standard InChI is InChI=1S/C20H26N4O3/c25-20(17-3-1-2-16(12-17)18-4-9-27-15-18)22-19-13-21-24(14-19)6-5-23-7-10-26-11-8-23/h1-3,12-14,18H,4-11,15H2,(H,22,25). The van der Waals surface area contributed by atoms with E-state index in [0.29, 0.717) is 11.5 Å². The van der Waals surface area contributed by atoms with Crippen LogP contribution in [-0.2, 0) is 16.0 Å². The third-order valence-corrected chi connectivity index (χ3v) is 5.19. The Morgan fingerprint density at radius 1 is 1.19 bits per heavy atom. The van der Waals surface area contributed by atoms with Gasteiger partial charge in [-0.1, -0.05) is 12.1 Å². The number of ether oxygens (including phenoxy) is 2. The van der Waals surface area contributed by atoms with Crippen molar-refractivity contribution in [2.24, 2.45) is 0 Å². The predicted octanol–water partition coefficient (Wildman–Crippen LogP) is 1.97. The lowest BCUT2D eigenvalue weighted by molar-refractivity contribution is 0.0360. The number of hydrogen-bond donors (Lipinski definition) is 1. The number of morpholine rings is 1. The zero-order chi connectivity index (χ0) is 18.5. The molecule has 1 aromatic heterocycles. The summed E-state index contributed by atoms with van der Waals surface area (Å²) < 4.78 is 12.7. The molecule has 1 amide bonds. The van der Waals surface area contributed by atoms with E-state index in [1.54, 1.807) is 6.20 Å². The molecule has 1 N–H and O–H groups in total. The second-order valence-corrected chi connectivity index (χ2v) is 7.09. The summed E-state index contributed by atoms with van der Waals surface area (Å²) in [5.74, 6) is 0.282. The van der Waals surface area contributed by atoms with Crippen molar-refractivity contribution in [2.75, 3.05) is 51.4 Å². The van der Waals surface area contributed by atoms with Crippen LogP contribution in [0.15, 0.2) is 36.7 Å². The molecule has 7 nitrogen and oxygen atoms in total. The number of aromatic nitrogens is 2. The minimum Gasteiger partial charge on any atom is -0.381 e. The molecular weight excluding hydrogens is 344 g/mol. The van der Waals surface area contributed by atoms with E-state index in [9.17, 15) is 4.79 Å². The molecule has 2 aliphatic rings. The number of benzene rings is 1. The second-order valence-electron chi connectivity index (χ2n) is 7.09. The SMILES string of the molecule is O=C(Nc1cnn(CCN2CCOCC2)c1)c1cccc(C2CCOC2)c1. The van der Waals surface area contributed by atoms with Gasteiger partial charge in [0.1, 0.15) is 0 Å². The lowest BCUT2D eigenvalue weighted by Crippen LogP contribution is -2.38. The maximum Gasteiger partial charge on any atom is 0.255 e. The van der Waals surface area contributed by atoms with Gasteiger partial charge in [-0.25, -0.2) is 0 Å². The third-order valence-electron chi connectivity index (χ3n) is 5.19. The van der Waals surface area contributed by atoms with Crippen molar-refractivity contribution in [3.05, 3.63) is 47.8 Å².